The maximum atomic E-state index is 12.4. The largest absolute Gasteiger partial charge is 0.416 e. The molecule has 1 aromatic carbocycles. The van der Waals surface area contributed by atoms with Gasteiger partial charge in [0.05, 0.1) is 11.6 Å². The zero-order valence-electron chi connectivity index (χ0n) is 11.6. The number of carbonyl (C=O) groups excluding carboxylic acids is 1. The summed E-state index contributed by atoms with van der Waals surface area (Å²) in [5, 5.41) is 5.71. The van der Waals surface area contributed by atoms with Crippen LogP contribution in [-0.4, -0.2) is 19.5 Å². The van der Waals surface area contributed by atoms with E-state index in [9.17, 15) is 18.0 Å². The molecule has 0 spiro atoms. The number of nitrogens with one attached hydrogen (secondary N) is 2. The van der Waals surface area contributed by atoms with Crippen molar-refractivity contribution in [1.82, 2.24) is 10.6 Å². The van der Waals surface area contributed by atoms with Crippen molar-refractivity contribution in [2.24, 2.45) is 0 Å². The molecule has 2 N–H and O–H groups in total. The van der Waals surface area contributed by atoms with E-state index in [1.165, 1.54) is 12.1 Å². The average molecular weight is 288 g/mol. The Balaban J connectivity index is 2.55. The van der Waals surface area contributed by atoms with Crippen LogP contribution < -0.4 is 10.6 Å². The van der Waals surface area contributed by atoms with E-state index in [2.05, 4.69) is 10.6 Å². The molecule has 0 saturated heterocycles. The minimum atomic E-state index is -4.34. The summed E-state index contributed by atoms with van der Waals surface area (Å²) in [6.07, 6.45) is -3.22. The number of alkyl halides is 3. The molecule has 0 fully saturated rings. The minimum absolute atomic E-state index is 0.104. The fraction of sp³-hybridized carbons (Fsp3) is 0.500. The third-order valence-corrected chi connectivity index (χ3v) is 2.95. The van der Waals surface area contributed by atoms with Crippen LogP contribution in [0.3, 0.4) is 0 Å². The molecule has 112 valence electrons. The van der Waals surface area contributed by atoms with Crippen molar-refractivity contribution in [3.05, 3.63) is 35.4 Å². The van der Waals surface area contributed by atoms with Gasteiger partial charge in [0.15, 0.2) is 0 Å². The highest BCUT2D eigenvalue weighted by Gasteiger charge is 2.30. The molecule has 1 aromatic rings. The minimum Gasteiger partial charge on any atom is -0.350 e. The topological polar surface area (TPSA) is 41.1 Å². The molecule has 6 heteroatoms. The van der Waals surface area contributed by atoms with Gasteiger partial charge in [0.25, 0.3) is 0 Å². The molecule has 0 heterocycles. The Hall–Kier alpha value is -1.56. The number of halogens is 3. The molecule has 20 heavy (non-hydrogen) atoms. The van der Waals surface area contributed by atoms with Crippen LogP contribution in [-0.2, 0) is 11.0 Å². The van der Waals surface area contributed by atoms with E-state index >= 15 is 0 Å². The molecule has 0 aromatic heterocycles. The molecule has 1 unspecified atom stereocenters. The summed E-state index contributed by atoms with van der Waals surface area (Å²) < 4.78 is 37.3. The van der Waals surface area contributed by atoms with Crippen LogP contribution in [0.25, 0.3) is 0 Å². The van der Waals surface area contributed by atoms with Crippen molar-refractivity contribution in [2.45, 2.75) is 32.0 Å². The molecule has 0 radical (unpaired) electrons. The Morgan fingerprint density at radius 2 is 1.85 bits per heavy atom. The van der Waals surface area contributed by atoms with Gasteiger partial charge in [-0.15, -0.1) is 0 Å². The lowest BCUT2D eigenvalue weighted by molar-refractivity contribution is -0.137. The van der Waals surface area contributed by atoms with E-state index < -0.39 is 11.7 Å². The highest BCUT2D eigenvalue weighted by atomic mass is 19.4. The SMILES string of the molecule is CNCCCC(=O)NC(C)c1ccc(C(F)(F)F)cc1. The van der Waals surface area contributed by atoms with Gasteiger partial charge in [0, 0.05) is 6.42 Å². The first-order valence-corrected chi connectivity index (χ1v) is 6.45. The summed E-state index contributed by atoms with van der Waals surface area (Å²) in [5.41, 5.74) is -0.0336. The zero-order chi connectivity index (χ0) is 15.2. The second kappa shape index (κ2) is 7.28. The van der Waals surface area contributed by atoms with E-state index in [1.54, 1.807) is 6.92 Å². The van der Waals surface area contributed by atoms with Crippen molar-refractivity contribution >= 4 is 5.91 Å². The molecule has 3 nitrogen and oxygen atoms in total. The standard InChI is InChI=1S/C14H19F3N2O/c1-10(19-13(20)4-3-9-18-2)11-5-7-12(8-6-11)14(15,16)17/h5-8,10,18H,3-4,9H2,1-2H3,(H,19,20). The normalized spacial score (nSPS) is 13.1. The number of benzene rings is 1. The van der Waals surface area contributed by atoms with Gasteiger partial charge in [0.1, 0.15) is 0 Å². The Bertz CT molecular complexity index is 429. The summed E-state index contributed by atoms with van der Waals surface area (Å²) in [6, 6.07) is 4.53. The second-order valence-corrected chi connectivity index (χ2v) is 4.62. The molecular formula is C14H19F3N2O. The Labute approximate surface area is 116 Å². The van der Waals surface area contributed by atoms with Gasteiger partial charge in [-0.3, -0.25) is 4.79 Å². The molecule has 1 rings (SSSR count). The lowest BCUT2D eigenvalue weighted by atomic mass is 10.1. The molecule has 0 aliphatic heterocycles. The van der Waals surface area contributed by atoms with Crippen molar-refractivity contribution in [3.63, 3.8) is 0 Å². The van der Waals surface area contributed by atoms with Crippen LogP contribution in [0.5, 0.6) is 0 Å². The van der Waals surface area contributed by atoms with Crippen LogP contribution in [0.1, 0.15) is 36.9 Å². The summed E-state index contributed by atoms with van der Waals surface area (Å²) in [4.78, 5) is 11.6. The van der Waals surface area contributed by atoms with Gasteiger partial charge < -0.3 is 10.6 Å². The van der Waals surface area contributed by atoms with E-state index in [4.69, 9.17) is 0 Å². The molecule has 1 amide bonds. The maximum absolute atomic E-state index is 12.4. The Morgan fingerprint density at radius 1 is 1.25 bits per heavy atom. The summed E-state index contributed by atoms with van der Waals surface area (Å²) >= 11 is 0. The van der Waals surface area contributed by atoms with Crippen molar-refractivity contribution < 1.29 is 18.0 Å². The molecule has 0 bridgehead atoms. The van der Waals surface area contributed by atoms with Crippen LogP contribution >= 0.6 is 0 Å². The van der Waals surface area contributed by atoms with Gasteiger partial charge in [-0.1, -0.05) is 12.1 Å². The summed E-state index contributed by atoms with van der Waals surface area (Å²) in [6.45, 7) is 2.50. The van der Waals surface area contributed by atoms with Crippen LogP contribution in [0.15, 0.2) is 24.3 Å². The van der Waals surface area contributed by atoms with E-state index in [0.29, 0.717) is 12.0 Å². The first-order valence-electron chi connectivity index (χ1n) is 6.45. The van der Waals surface area contributed by atoms with Crippen LogP contribution in [0, 0.1) is 0 Å². The number of hydrogen-bond donors (Lipinski definition) is 2. The molecule has 0 aliphatic rings. The summed E-state index contributed by atoms with van der Waals surface area (Å²) in [7, 11) is 1.81. The van der Waals surface area contributed by atoms with E-state index in [1.807, 2.05) is 7.05 Å². The van der Waals surface area contributed by atoms with E-state index in [0.717, 1.165) is 25.1 Å². The highest BCUT2D eigenvalue weighted by molar-refractivity contribution is 5.76. The summed E-state index contributed by atoms with van der Waals surface area (Å²) in [5.74, 6) is -0.104. The molecule has 0 saturated carbocycles. The van der Waals surface area contributed by atoms with Gasteiger partial charge in [-0.25, -0.2) is 0 Å². The van der Waals surface area contributed by atoms with Crippen molar-refractivity contribution in [1.29, 1.82) is 0 Å². The quantitative estimate of drug-likeness (QED) is 0.790. The number of hydrogen-bond acceptors (Lipinski definition) is 2. The Kier molecular flexibility index (Phi) is 6.01. The van der Waals surface area contributed by atoms with E-state index in [-0.39, 0.29) is 11.9 Å². The maximum Gasteiger partial charge on any atom is 0.416 e. The predicted octanol–water partition coefficient (Wildman–Crippen LogP) is 2.88. The van der Waals surface area contributed by atoms with Crippen molar-refractivity contribution in [2.75, 3.05) is 13.6 Å². The zero-order valence-corrected chi connectivity index (χ0v) is 11.6. The monoisotopic (exact) mass is 288 g/mol. The first kappa shape index (κ1) is 16.5. The third-order valence-electron chi connectivity index (χ3n) is 2.95. The lowest BCUT2D eigenvalue weighted by Gasteiger charge is -2.15. The fourth-order valence-electron chi connectivity index (χ4n) is 1.78. The van der Waals surface area contributed by atoms with Gasteiger partial charge >= 0.3 is 6.18 Å². The highest BCUT2D eigenvalue weighted by Crippen LogP contribution is 2.29. The predicted molar refractivity (Wildman–Crippen MR) is 71.2 cm³/mol. The lowest BCUT2D eigenvalue weighted by Crippen LogP contribution is -2.27. The molecular weight excluding hydrogens is 269 g/mol. The molecule has 1 atom stereocenters. The van der Waals surface area contributed by atoms with Crippen molar-refractivity contribution in [3.8, 4) is 0 Å². The number of carbonyl (C=O) groups is 1. The average Bonchev–Trinajstić information content (AvgIpc) is 2.38. The third kappa shape index (κ3) is 5.21. The second-order valence-electron chi connectivity index (χ2n) is 4.62. The number of amides is 1. The van der Waals surface area contributed by atoms with Gasteiger partial charge in [0.2, 0.25) is 5.91 Å². The van der Waals surface area contributed by atoms with Gasteiger partial charge in [-0.2, -0.15) is 13.2 Å². The number of rotatable bonds is 6. The smallest absolute Gasteiger partial charge is 0.350 e. The van der Waals surface area contributed by atoms with Gasteiger partial charge in [-0.05, 0) is 44.6 Å². The molecule has 0 aliphatic carbocycles. The van der Waals surface area contributed by atoms with Crippen LogP contribution in [0.4, 0.5) is 13.2 Å². The fourth-order valence-corrected chi connectivity index (χ4v) is 1.78. The Morgan fingerprint density at radius 3 is 2.35 bits per heavy atom. The van der Waals surface area contributed by atoms with Crippen LogP contribution in [0.2, 0.25) is 0 Å². The first-order chi connectivity index (χ1) is 9.34.